The number of benzene rings is 1. The summed E-state index contributed by atoms with van der Waals surface area (Å²) < 4.78 is 5.66. The van der Waals surface area contributed by atoms with Gasteiger partial charge in [-0.3, -0.25) is 4.79 Å². The topological polar surface area (TPSA) is 62.7 Å². The van der Waals surface area contributed by atoms with E-state index in [0.29, 0.717) is 25.5 Å². The zero-order valence-electron chi connectivity index (χ0n) is 14.8. The van der Waals surface area contributed by atoms with Gasteiger partial charge < -0.3 is 15.5 Å². The fraction of sp³-hybridized carbons (Fsp3) is 0.556. The molecule has 0 fully saturated rings. The maximum absolute atomic E-state index is 11.5. The maximum Gasteiger partial charge on any atom is 0.220 e. The van der Waals surface area contributed by atoms with Gasteiger partial charge in [0.05, 0.1) is 12.3 Å². The number of nitrogens with zero attached hydrogens (tertiary/aromatic N) is 1. The highest BCUT2D eigenvalue weighted by atomic mass is 16.5. The molecule has 0 spiro atoms. The van der Waals surface area contributed by atoms with Gasteiger partial charge in [0.25, 0.3) is 0 Å². The van der Waals surface area contributed by atoms with Crippen LogP contribution in [0.4, 0.5) is 0 Å². The van der Waals surface area contributed by atoms with Crippen LogP contribution in [0, 0.1) is 0 Å². The number of ether oxygens (including phenoxy) is 1. The van der Waals surface area contributed by atoms with Gasteiger partial charge in [0.1, 0.15) is 5.75 Å². The third-order valence-electron chi connectivity index (χ3n) is 3.03. The standard InChI is InChI=1S/C18H29N3O2/c1-13(2)19-18(22)7-6-12-23-17-10-8-16(9-11-17)15(5)21-20-14(3)4/h8-11,13-14,20H,6-7,12H2,1-5H3,(H,19,22)/b21-15+. The molecule has 128 valence electrons. The molecule has 1 amide bonds. The lowest BCUT2D eigenvalue weighted by Crippen LogP contribution is -2.30. The van der Waals surface area contributed by atoms with E-state index in [1.165, 1.54) is 0 Å². The molecule has 5 heteroatoms. The van der Waals surface area contributed by atoms with E-state index >= 15 is 0 Å². The van der Waals surface area contributed by atoms with Gasteiger partial charge in [0.2, 0.25) is 5.91 Å². The molecule has 5 nitrogen and oxygen atoms in total. The summed E-state index contributed by atoms with van der Waals surface area (Å²) in [5.74, 6) is 0.881. The van der Waals surface area contributed by atoms with Gasteiger partial charge >= 0.3 is 0 Å². The van der Waals surface area contributed by atoms with Crippen molar-refractivity contribution in [3.63, 3.8) is 0 Å². The van der Waals surface area contributed by atoms with Crippen LogP contribution in [0.2, 0.25) is 0 Å². The Morgan fingerprint density at radius 1 is 1.13 bits per heavy atom. The van der Waals surface area contributed by atoms with Crippen LogP contribution in [-0.4, -0.2) is 30.3 Å². The van der Waals surface area contributed by atoms with E-state index in [2.05, 4.69) is 29.7 Å². The van der Waals surface area contributed by atoms with Crippen molar-refractivity contribution in [2.75, 3.05) is 6.61 Å². The lowest BCUT2D eigenvalue weighted by molar-refractivity contribution is -0.121. The van der Waals surface area contributed by atoms with E-state index in [1.54, 1.807) is 0 Å². The first-order chi connectivity index (χ1) is 10.9. The number of carbonyl (C=O) groups is 1. The molecule has 0 saturated carbocycles. The summed E-state index contributed by atoms with van der Waals surface area (Å²) in [5, 5.41) is 7.19. The minimum Gasteiger partial charge on any atom is -0.494 e. The van der Waals surface area contributed by atoms with Gasteiger partial charge in [-0.05, 0) is 70.9 Å². The number of carbonyl (C=O) groups excluding carboxylic acids is 1. The molecule has 1 rings (SSSR count). The Labute approximate surface area is 139 Å². The lowest BCUT2D eigenvalue weighted by atomic mass is 10.1. The van der Waals surface area contributed by atoms with Crippen molar-refractivity contribution in [2.45, 2.75) is 59.5 Å². The number of hydrogen-bond acceptors (Lipinski definition) is 4. The van der Waals surface area contributed by atoms with Crippen LogP contribution < -0.4 is 15.5 Å². The smallest absolute Gasteiger partial charge is 0.220 e. The van der Waals surface area contributed by atoms with Crippen LogP contribution in [0.5, 0.6) is 5.75 Å². The Bertz CT molecular complexity index is 508. The summed E-state index contributed by atoms with van der Waals surface area (Å²) in [5.41, 5.74) is 5.04. The first-order valence-electron chi connectivity index (χ1n) is 8.21. The Hall–Kier alpha value is -2.04. The van der Waals surface area contributed by atoms with Gasteiger partial charge in [-0.2, -0.15) is 5.10 Å². The predicted octanol–water partition coefficient (Wildman–Crippen LogP) is 3.09. The molecule has 1 aromatic rings. The second-order valence-corrected chi connectivity index (χ2v) is 6.18. The molecule has 0 aliphatic carbocycles. The van der Waals surface area contributed by atoms with Crippen molar-refractivity contribution < 1.29 is 9.53 Å². The number of nitrogens with one attached hydrogen (secondary N) is 2. The second-order valence-electron chi connectivity index (χ2n) is 6.18. The van der Waals surface area contributed by atoms with Crippen LogP contribution >= 0.6 is 0 Å². The van der Waals surface area contributed by atoms with E-state index in [1.807, 2.05) is 45.0 Å². The number of hydrogen-bond donors (Lipinski definition) is 2. The van der Waals surface area contributed by atoms with Crippen LogP contribution in [0.1, 0.15) is 53.0 Å². The third-order valence-corrected chi connectivity index (χ3v) is 3.03. The summed E-state index contributed by atoms with van der Waals surface area (Å²) in [6.07, 6.45) is 1.20. The van der Waals surface area contributed by atoms with E-state index in [0.717, 1.165) is 17.0 Å². The van der Waals surface area contributed by atoms with Gasteiger partial charge in [-0.1, -0.05) is 0 Å². The third kappa shape index (κ3) is 8.24. The maximum atomic E-state index is 11.5. The molecule has 0 aromatic heterocycles. The van der Waals surface area contributed by atoms with E-state index in [4.69, 9.17) is 4.74 Å². The monoisotopic (exact) mass is 319 g/mol. The van der Waals surface area contributed by atoms with E-state index in [9.17, 15) is 4.79 Å². The minimum atomic E-state index is 0.0726. The molecule has 0 unspecified atom stereocenters. The molecule has 0 bridgehead atoms. The Kier molecular flexibility index (Phi) is 8.16. The molecule has 0 saturated heterocycles. The van der Waals surface area contributed by atoms with Crippen LogP contribution in [0.25, 0.3) is 0 Å². The summed E-state index contributed by atoms with van der Waals surface area (Å²) in [7, 11) is 0. The highest BCUT2D eigenvalue weighted by Gasteiger charge is 2.03. The van der Waals surface area contributed by atoms with E-state index < -0.39 is 0 Å². The lowest BCUT2D eigenvalue weighted by Gasteiger charge is -2.10. The summed E-state index contributed by atoms with van der Waals surface area (Å²) in [4.78, 5) is 11.5. The zero-order chi connectivity index (χ0) is 17.2. The van der Waals surface area contributed by atoms with Crippen molar-refractivity contribution in [2.24, 2.45) is 5.10 Å². The van der Waals surface area contributed by atoms with Crippen LogP contribution in [-0.2, 0) is 4.79 Å². The molecule has 0 heterocycles. The fourth-order valence-electron chi connectivity index (χ4n) is 1.90. The number of amides is 1. The molecule has 0 aliphatic heterocycles. The van der Waals surface area contributed by atoms with Gasteiger partial charge in [-0.15, -0.1) is 0 Å². The average molecular weight is 319 g/mol. The minimum absolute atomic E-state index is 0.0726. The average Bonchev–Trinajstić information content (AvgIpc) is 2.49. The molecular weight excluding hydrogens is 290 g/mol. The molecule has 23 heavy (non-hydrogen) atoms. The Balaban J connectivity index is 2.37. The normalized spacial score (nSPS) is 11.7. The molecule has 0 radical (unpaired) electrons. The van der Waals surface area contributed by atoms with Crippen molar-refractivity contribution in [1.82, 2.24) is 10.7 Å². The first-order valence-corrected chi connectivity index (χ1v) is 8.21. The zero-order valence-corrected chi connectivity index (χ0v) is 14.8. The second kappa shape index (κ2) is 9.87. The fourth-order valence-corrected chi connectivity index (χ4v) is 1.90. The highest BCUT2D eigenvalue weighted by Crippen LogP contribution is 2.13. The van der Waals surface area contributed by atoms with Gasteiger partial charge in [0.15, 0.2) is 0 Å². The highest BCUT2D eigenvalue weighted by molar-refractivity contribution is 5.98. The SMILES string of the molecule is C/C(=N\NC(C)C)c1ccc(OCCCC(=O)NC(C)C)cc1. The predicted molar refractivity (Wildman–Crippen MR) is 94.9 cm³/mol. The van der Waals surface area contributed by atoms with Gasteiger partial charge in [0, 0.05) is 18.5 Å². The Morgan fingerprint density at radius 3 is 2.35 bits per heavy atom. The molecular formula is C18H29N3O2. The first kappa shape index (κ1) is 19.0. The molecule has 0 atom stereocenters. The number of hydrazone groups is 1. The van der Waals surface area contributed by atoms with Crippen molar-refractivity contribution in [3.05, 3.63) is 29.8 Å². The van der Waals surface area contributed by atoms with Crippen molar-refractivity contribution in [1.29, 1.82) is 0 Å². The van der Waals surface area contributed by atoms with Crippen molar-refractivity contribution in [3.8, 4) is 5.75 Å². The van der Waals surface area contributed by atoms with Crippen molar-refractivity contribution >= 4 is 11.6 Å². The number of rotatable bonds is 9. The van der Waals surface area contributed by atoms with Crippen LogP contribution in [0.3, 0.4) is 0 Å². The summed E-state index contributed by atoms with van der Waals surface area (Å²) >= 11 is 0. The summed E-state index contributed by atoms with van der Waals surface area (Å²) in [6, 6.07) is 8.34. The molecule has 1 aromatic carbocycles. The van der Waals surface area contributed by atoms with Gasteiger partial charge in [-0.25, -0.2) is 0 Å². The largest absolute Gasteiger partial charge is 0.494 e. The summed E-state index contributed by atoms with van der Waals surface area (Å²) in [6.45, 7) is 10.5. The Morgan fingerprint density at radius 2 is 1.78 bits per heavy atom. The van der Waals surface area contributed by atoms with Crippen LogP contribution in [0.15, 0.2) is 29.4 Å². The van der Waals surface area contributed by atoms with E-state index in [-0.39, 0.29) is 11.9 Å². The molecule has 2 N–H and O–H groups in total. The molecule has 0 aliphatic rings. The quantitative estimate of drug-likeness (QED) is 0.418.